The molecule has 0 aromatic heterocycles. The summed E-state index contributed by atoms with van der Waals surface area (Å²) >= 11 is 0. The Balaban J connectivity index is 2.62. The Labute approximate surface area is 51.0 Å². The third-order valence-corrected chi connectivity index (χ3v) is 0.798. The Morgan fingerprint density at radius 3 is 2.88 bits per heavy atom. The first-order valence-electron chi connectivity index (χ1n) is 2.96. The molecule has 0 radical (unpaired) electrons. The molecule has 0 spiro atoms. The van der Waals surface area contributed by atoms with E-state index >= 15 is 0 Å². The van der Waals surface area contributed by atoms with E-state index in [1.165, 1.54) is 6.42 Å². The summed E-state index contributed by atoms with van der Waals surface area (Å²) in [5, 5.41) is 6.09. The highest BCUT2D eigenvalue weighted by molar-refractivity contribution is 4.60. The van der Waals surface area contributed by atoms with Gasteiger partial charge < -0.3 is 10.6 Å². The monoisotopic (exact) mass is 114 g/mol. The summed E-state index contributed by atoms with van der Waals surface area (Å²) in [6.45, 7) is 7.55. The maximum Gasteiger partial charge on any atom is 0.0647 e. The summed E-state index contributed by atoms with van der Waals surface area (Å²) in [6.07, 6.45) is 2.86. The van der Waals surface area contributed by atoms with Crippen LogP contribution in [0.1, 0.15) is 13.3 Å². The fourth-order valence-electron chi connectivity index (χ4n) is 0.410. The minimum atomic E-state index is 0.831. The molecule has 0 rings (SSSR count). The second kappa shape index (κ2) is 6.50. The largest absolute Gasteiger partial charge is 0.379 e. The van der Waals surface area contributed by atoms with Gasteiger partial charge in [0.1, 0.15) is 0 Å². The predicted molar refractivity (Wildman–Crippen MR) is 36.5 cm³/mol. The number of hydrogen-bond donors (Lipinski definition) is 2. The van der Waals surface area contributed by atoms with Crippen molar-refractivity contribution in [3.05, 3.63) is 12.8 Å². The molecule has 0 aliphatic heterocycles. The molecular formula is C6H14N2. The van der Waals surface area contributed by atoms with Gasteiger partial charge in [0.25, 0.3) is 0 Å². The molecule has 0 unspecified atom stereocenters. The Bertz CT molecular complexity index is 52.5. The summed E-state index contributed by atoms with van der Waals surface area (Å²) in [5.41, 5.74) is 0. The van der Waals surface area contributed by atoms with Gasteiger partial charge in [-0.15, -0.1) is 0 Å². The van der Waals surface area contributed by atoms with E-state index in [0.29, 0.717) is 0 Å². The lowest BCUT2D eigenvalue weighted by Crippen LogP contribution is -2.25. The number of rotatable bonds is 5. The minimum absolute atomic E-state index is 0.831. The van der Waals surface area contributed by atoms with Crippen LogP contribution in [-0.4, -0.2) is 13.2 Å². The first kappa shape index (κ1) is 7.50. The molecular weight excluding hydrogens is 100 g/mol. The number of hydrogen-bond acceptors (Lipinski definition) is 2. The number of nitrogens with one attached hydrogen (secondary N) is 2. The summed E-state index contributed by atoms with van der Waals surface area (Å²) < 4.78 is 0. The van der Waals surface area contributed by atoms with E-state index in [2.05, 4.69) is 24.1 Å². The second-order valence-corrected chi connectivity index (χ2v) is 1.59. The lowest BCUT2D eigenvalue weighted by atomic mass is 10.5. The molecule has 2 N–H and O–H groups in total. The summed E-state index contributed by atoms with van der Waals surface area (Å²) in [4.78, 5) is 0. The smallest absolute Gasteiger partial charge is 0.0647 e. The molecule has 0 fully saturated rings. The summed E-state index contributed by atoms with van der Waals surface area (Å²) in [5.74, 6) is 0. The van der Waals surface area contributed by atoms with Crippen molar-refractivity contribution in [1.29, 1.82) is 0 Å². The first-order chi connectivity index (χ1) is 3.91. The van der Waals surface area contributed by atoms with Crippen LogP contribution in [0.3, 0.4) is 0 Å². The van der Waals surface area contributed by atoms with Gasteiger partial charge in [0, 0.05) is 0 Å². The van der Waals surface area contributed by atoms with E-state index in [1.807, 2.05) is 0 Å². The van der Waals surface area contributed by atoms with Crippen LogP contribution in [0.2, 0.25) is 0 Å². The zero-order chi connectivity index (χ0) is 6.24. The lowest BCUT2D eigenvalue weighted by Gasteiger charge is -1.99. The topological polar surface area (TPSA) is 24.1 Å². The van der Waals surface area contributed by atoms with Crippen molar-refractivity contribution in [3.63, 3.8) is 0 Å². The van der Waals surface area contributed by atoms with Gasteiger partial charge in [-0.2, -0.15) is 0 Å². The maximum absolute atomic E-state index is 3.51. The second-order valence-electron chi connectivity index (χ2n) is 1.59. The molecule has 0 atom stereocenters. The Morgan fingerprint density at radius 2 is 2.38 bits per heavy atom. The highest BCUT2D eigenvalue weighted by Crippen LogP contribution is 1.65. The SMILES string of the molecule is C=CNCNCCC. The van der Waals surface area contributed by atoms with Crippen molar-refractivity contribution >= 4 is 0 Å². The molecule has 0 bridgehead atoms. The fourth-order valence-corrected chi connectivity index (χ4v) is 0.410. The normalized spacial score (nSPS) is 8.62. The average Bonchev–Trinajstić information content (AvgIpc) is 1.81. The first-order valence-corrected chi connectivity index (χ1v) is 2.96. The molecule has 48 valence electrons. The third kappa shape index (κ3) is 5.50. The zero-order valence-corrected chi connectivity index (χ0v) is 5.41. The molecule has 2 nitrogen and oxygen atoms in total. The molecule has 0 heterocycles. The zero-order valence-electron chi connectivity index (χ0n) is 5.41. The van der Waals surface area contributed by atoms with Gasteiger partial charge in [-0.25, -0.2) is 0 Å². The van der Waals surface area contributed by atoms with Gasteiger partial charge >= 0.3 is 0 Å². The van der Waals surface area contributed by atoms with E-state index in [4.69, 9.17) is 0 Å². The van der Waals surface area contributed by atoms with Crippen LogP contribution in [0.5, 0.6) is 0 Å². The van der Waals surface area contributed by atoms with Crippen molar-refractivity contribution in [3.8, 4) is 0 Å². The molecule has 0 aromatic carbocycles. The standard InChI is InChI=1S/C6H14N2/c1-3-5-8-6-7-4-2/h4,7-8H,2-3,5-6H2,1H3. The van der Waals surface area contributed by atoms with Crippen LogP contribution in [0, 0.1) is 0 Å². The van der Waals surface area contributed by atoms with Crippen molar-refractivity contribution in [2.75, 3.05) is 13.2 Å². The Kier molecular flexibility index (Phi) is 6.09. The van der Waals surface area contributed by atoms with Gasteiger partial charge in [-0.1, -0.05) is 13.5 Å². The summed E-state index contributed by atoms with van der Waals surface area (Å²) in [6, 6.07) is 0. The van der Waals surface area contributed by atoms with Crippen molar-refractivity contribution in [1.82, 2.24) is 10.6 Å². The van der Waals surface area contributed by atoms with Gasteiger partial charge in [0.2, 0.25) is 0 Å². The Hall–Kier alpha value is -0.500. The fraction of sp³-hybridized carbons (Fsp3) is 0.667. The van der Waals surface area contributed by atoms with E-state index < -0.39 is 0 Å². The predicted octanol–water partition coefficient (Wildman–Crippen LogP) is 0.677. The summed E-state index contributed by atoms with van der Waals surface area (Å²) in [7, 11) is 0. The highest BCUT2D eigenvalue weighted by atomic mass is 15.0. The van der Waals surface area contributed by atoms with Crippen molar-refractivity contribution in [2.24, 2.45) is 0 Å². The third-order valence-electron chi connectivity index (χ3n) is 0.798. The van der Waals surface area contributed by atoms with Crippen molar-refractivity contribution < 1.29 is 0 Å². The van der Waals surface area contributed by atoms with Crippen LogP contribution in [0.15, 0.2) is 12.8 Å². The van der Waals surface area contributed by atoms with Crippen LogP contribution in [0.25, 0.3) is 0 Å². The van der Waals surface area contributed by atoms with Crippen LogP contribution >= 0.6 is 0 Å². The van der Waals surface area contributed by atoms with Crippen molar-refractivity contribution in [2.45, 2.75) is 13.3 Å². The van der Waals surface area contributed by atoms with Gasteiger partial charge in [-0.05, 0) is 19.2 Å². The highest BCUT2D eigenvalue weighted by Gasteiger charge is 1.76. The molecule has 8 heavy (non-hydrogen) atoms. The van der Waals surface area contributed by atoms with Crippen LogP contribution in [-0.2, 0) is 0 Å². The van der Waals surface area contributed by atoms with Crippen LogP contribution < -0.4 is 10.6 Å². The van der Waals surface area contributed by atoms with Gasteiger partial charge in [-0.3, -0.25) is 0 Å². The Morgan fingerprint density at radius 1 is 1.62 bits per heavy atom. The van der Waals surface area contributed by atoms with Gasteiger partial charge in [0.15, 0.2) is 0 Å². The molecule has 0 aliphatic carbocycles. The molecule has 0 aromatic rings. The van der Waals surface area contributed by atoms with Crippen LogP contribution in [0.4, 0.5) is 0 Å². The molecule has 0 aliphatic rings. The van der Waals surface area contributed by atoms with E-state index in [9.17, 15) is 0 Å². The molecule has 0 amide bonds. The average molecular weight is 114 g/mol. The molecule has 0 saturated carbocycles. The lowest BCUT2D eigenvalue weighted by molar-refractivity contribution is 0.640. The maximum atomic E-state index is 3.51. The molecule has 0 saturated heterocycles. The molecule has 2 heteroatoms. The quantitative estimate of drug-likeness (QED) is 0.405. The minimum Gasteiger partial charge on any atom is -0.379 e. The van der Waals surface area contributed by atoms with E-state index in [1.54, 1.807) is 6.20 Å². The van der Waals surface area contributed by atoms with Gasteiger partial charge in [0.05, 0.1) is 6.67 Å². The van der Waals surface area contributed by atoms with E-state index in [0.717, 1.165) is 13.2 Å². The van der Waals surface area contributed by atoms with E-state index in [-0.39, 0.29) is 0 Å².